The molecule has 0 fully saturated rings. The Morgan fingerprint density at radius 1 is 1.19 bits per heavy atom. The summed E-state index contributed by atoms with van der Waals surface area (Å²) in [7, 11) is 0. The Morgan fingerprint density at radius 3 is 2.65 bits per heavy atom. The van der Waals surface area contributed by atoms with E-state index in [0.717, 1.165) is 24.5 Å². The summed E-state index contributed by atoms with van der Waals surface area (Å²) < 4.78 is 11.6. The molecule has 3 rings (SSSR count). The predicted molar refractivity (Wildman–Crippen MR) is 103 cm³/mol. The fourth-order valence-corrected chi connectivity index (χ4v) is 3.13. The largest absolute Gasteiger partial charge is 0.484 e. The topological polar surface area (TPSA) is 50.8 Å². The average Bonchev–Trinajstić information content (AvgIpc) is 2.60. The number of amides is 1. The Kier molecular flexibility index (Phi) is 5.35. The quantitative estimate of drug-likeness (QED) is 0.864. The molecule has 1 amide bonds. The molecule has 0 atom stereocenters. The molecule has 2 aromatic rings. The van der Waals surface area contributed by atoms with Gasteiger partial charge in [-0.25, -0.2) is 0 Å². The molecule has 0 saturated heterocycles. The van der Waals surface area contributed by atoms with Gasteiger partial charge in [-0.1, -0.05) is 24.3 Å². The number of fused-ring (bicyclic) bond motifs is 1. The number of benzene rings is 2. The molecular weight excluding hydrogens is 328 g/mol. The van der Waals surface area contributed by atoms with Gasteiger partial charge in [0.15, 0.2) is 6.61 Å². The summed E-state index contributed by atoms with van der Waals surface area (Å²) in [6.45, 7) is 8.36. The number of hydrogen-bond donors (Lipinski definition) is 1. The smallest absolute Gasteiger partial charge is 0.257 e. The zero-order valence-electron chi connectivity index (χ0n) is 15.6. The number of ether oxygens (including phenoxy) is 2. The molecule has 1 N–H and O–H groups in total. The number of carbonyl (C=O) groups excluding carboxylic acids is 1. The van der Waals surface area contributed by atoms with E-state index in [1.165, 1.54) is 5.56 Å². The van der Waals surface area contributed by atoms with Gasteiger partial charge in [0.05, 0.1) is 12.2 Å². The van der Waals surface area contributed by atoms with Gasteiger partial charge in [-0.15, -0.1) is 0 Å². The van der Waals surface area contributed by atoms with Gasteiger partial charge in [0.1, 0.15) is 17.1 Å². The zero-order valence-corrected chi connectivity index (χ0v) is 15.6. The van der Waals surface area contributed by atoms with Crippen LogP contribution in [-0.4, -0.2) is 31.2 Å². The summed E-state index contributed by atoms with van der Waals surface area (Å²) in [5.41, 5.74) is 2.07. The van der Waals surface area contributed by atoms with Crippen LogP contribution in [0, 0.1) is 0 Å². The van der Waals surface area contributed by atoms with Gasteiger partial charge >= 0.3 is 0 Å². The number of rotatable bonds is 6. The molecule has 0 radical (unpaired) electrons. The van der Waals surface area contributed by atoms with Crippen molar-refractivity contribution in [2.75, 3.05) is 24.6 Å². The van der Waals surface area contributed by atoms with Crippen LogP contribution in [-0.2, 0) is 11.3 Å². The van der Waals surface area contributed by atoms with Gasteiger partial charge in [-0.2, -0.15) is 0 Å². The van der Waals surface area contributed by atoms with E-state index in [-0.39, 0.29) is 18.1 Å². The molecule has 1 aliphatic rings. The highest BCUT2D eigenvalue weighted by atomic mass is 16.5. The maximum Gasteiger partial charge on any atom is 0.257 e. The lowest BCUT2D eigenvalue weighted by Crippen LogP contribution is -2.46. The molecule has 5 heteroatoms. The predicted octanol–water partition coefficient (Wildman–Crippen LogP) is 3.38. The number of anilines is 1. The third-order valence-corrected chi connectivity index (χ3v) is 4.20. The second-order valence-corrected chi connectivity index (χ2v) is 7.07. The fraction of sp³-hybridized carbons (Fsp3) is 0.381. The number of hydrogen-bond acceptors (Lipinski definition) is 4. The SMILES string of the molecule is CCNC(=O)COc1ccc(CN2CC(C)(C)Oc3ccccc32)cc1. The number of nitrogens with zero attached hydrogens (tertiary/aromatic N) is 1. The Balaban J connectivity index is 1.66. The molecule has 0 aliphatic carbocycles. The number of carbonyl (C=O) groups is 1. The van der Waals surface area contributed by atoms with E-state index in [0.29, 0.717) is 12.3 Å². The molecule has 5 nitrogen and oxygen atoms in total. The molecule has 0 bridgehead atoms. The van der Waals surface area contributed by atoms with Gasteiger partial charge < -0.3 is 19.7 Å². The molecule has 1 heterocycles. The maximum absolute atomic E-state index is 11.5. The maximum atomic E-state index is 11.5. The minimum absolute atomic E-state index is 0.0399. The van der Waals surface area contributed by atoms with Crippen molar-refractivity contribution in [2.24, 2.45) is 0 Å². The molecule has 2 aromatic carbocycles. The number of nitrogens with one attached hydrogen (secondary N) is 1. The van der Waals surface area contributed by atoms with Crippen LogP contribution in [0.1, 0.15) is 26.3 Å². The summed E-state index contributed by atoms with van der Waals surface area (Å²) in [5.74, 6) is 1.51. The van der Waals surface area contributed by atoms with Crippen molar-refractivity contribution in [2.45, 2.75) is 32.9 Å². The van der Waals surface area contributed by atoms with Gasteiger partial charge in [-0.3, -0.25) is 4.79 Å². The summed E-state index contributed by atoms with van der Waals surface area (Å²) in [4.78, 5) is 13.8. The molecular formula is C21H26N2O3. The van der Waals surface area contributed by atoms with Gasteiger partial charge in [0.2, 0.25) is 0 Å². The molecule has 0 aromatic heterocycles. The molecule has 138 valence electrons. The van der Waals surface area contributed by atoms with Crippen LogP contribution in [0.25, 0.3) is 0 Å². The van der Waals surface area contributed by atoms with Crippen LogP contribution in [0.5, 0.6) is 11.5 Å². The fourth-order valence-electron chi connectivity index (χ4n) is 3.13. The van der Waals surface area contributed by atoms with Gasteiger partial charge in [0.25, 0.3) is 5.91 Å². The molecule has 0 saturated carbocycles. The molecule has 0 spiro atoms. The van der Waals surface area contributed by atoms with Crippen LogP contribution in [0.2, 0.25) is 0 Å². The molecule has 0 unspecified atom stereocenters. The lowest BCUT2D eigenvalue weighted by Gasteiger charge is -2.41. The summed E-state index contributed by atoms with van der Waals surface area (Å²) in [6.07, 6.45) is 0. The van der Waals surface area contributed by atoms with E-state index in [2.05, 4.69) is 30.1 Å². The van der Waals surface area contributed by atoms with E-state index in [4.69, 9.17) is 9.47 Å². The van der Waals surface area contributed by atoms with Crippen molar-refractivity contribution in [3.8, 4) is 11.5 Å². The van der Waals surface area contributed by atoms with E-state index < -0.39 is 0 Å². The lowest BCUT2D eigenvalue weighted by atomic mass is 10.0. The monoisotopic (exact) mass is 354 g/mol. The van der Waals surface area contributed by atoms with Crippen LogP contribution in [0.3, 0.4) is 0 Å². The van der Waals surface area contributed by atoms with Crippen molar-refractivity contribution < 1.29 is 14.3 Å². The van der Waals surface area contributed by atoms with Crippen molar-refractivity contribution in [1.82, 2.24) is 5.32 Å². The first kappa shape index (κ1) is 18.1. The first-order valence-electron chi connectivity index (χ1n) is 8.98. The second kappa shape index (κ2) is 7.68. The minimum Gasteiger partial charge on any atom is -0.484 e. The summed E-state index contributed by atoms with van der Waals surface area (Å²) in [6, 6.07) is 16.0. The molecule has 1 aliphatic heterocycles. The standard InChI is InChI=1S/C21H26N2O3/c1-4-22-20(24)14-25-17-11-9-16(10-12-17)13-23-15-21(2,3)26-19-8-6-5-7-18(19)23/h5-12H,4,13-15H2,1-3H3,(H,22,24). The van der Waals surface area contributed by atoms with Gasteiger partial charge in [-0.05, 0) is 50.6 Å². The number of para-hydroxylation sites is 2. The van der Waals surface area contributed by atoms with Crippen molar-refractivity contribution in [3.05, 3.63) is 54.1 Å². The minimum atomic E-state index is -0.232. The normalized spacial score (nSPS) is 15.0. The zero-order chi connectivity index (χ0) is 18.6. The van der Waals surface area contributed by atoms with Crippen LogP contribution in [0.4, 0.5) is 5.69 Å². The third kappa shape index (κ3) is 4.48. The van der Waals surface area contributed by atoms with Crippen molar-refractivity contribution in [1.29, 1.82) is 0 Å². The highest BCUT2D eigenvalue weighted by molar-refractivity contribution is 5.77. The van der Waals surface area contributed by atoms with Crippen LogP contribution in [0.15, 0.2) is 48.5 Å². The van der Waals surface area contributed by atoms with E-state index in [1.54, 1.807) is 0 Å². The van der Waals surface area contributed by atoms with Crippen LogP contribution >= 0.6 is 0 Å². The van der Waals surface area contributed by atoms with Crippen molar-refractivity contribution >= 4 is 11.6 Å². The number of likely N-dealkylation sites (N-methyl/N-ethyl adjacent to an activating group) is 1. The summed E-state index contributed by atoms with van der Waals surface area (Å²) in [5, 5.41) is 2.72. The van der Waals surface area contributed by atoms with Gasteiger partial charge in [0, 0.05) is 13.1 Å². The lowest BCUT2D eigenvalue weighted by molar-refractivity contribution is -0.122. The summed E-state index contributed by atoms with van der Waals surface area (Å²) >= 11 is 0. The highest BCUT2D eigenvalue weighted by Gasteiger charge is 2.31. The van der Waals surface area contributed by atoms with E-state index in [1.807, 2.05) is 49.4 Å². The Labute approximate surface area is 154 Å². The second-order valence-electron chi connectivity index (χ2n) is 7.07. The Bertz CT molecular complexity index is 756. The average molecular weight is 354 g/mol. The van der Waals surface area contributed by atoms with Crippen molar-refractivity contribution in [3.63, 3.8) is 0 Å². The first-order valence-corrected chi connectivity index (χ1v) is 8.98. The Morgan fingerprint density at radius 2 is 1.92 bits per heavy atom. The molecule has 26 heavy (non-hydrogen) atoms. The van der Waals surface area contributed by atoms with E-state index in [9.17, 15) is 4.79 Å². The van der Waals surface area contributed by atoms with Crippen LogP contribution < -0.4 is 19.7 Å². The van der Waals surface area contributed by atoms with E-state index >= 15 is 0 Å². The first-order chi connectivity index (χ1) is 12.5. The highest BCUT2D eigenvalue weighted by Crippen LogP contribution is 2.37. The third-order valence-electron chi connectivity index (χ3n) is 4.20. The Hall–Kier alpha value is -2.69.